The normalized spacial score (nSPS) is 17.9. The first-order valence-electron chi connectivity index (χ1n) is 6.15. The van der Waals surface area contributed by atoms with Crippen LogP contribution in [-0.2, 0) is 10.0 Å². The molecule has 0 spiro atoms. The van der Waals surface area contributed by atoms with Gasteiger partial charge >= 0.3 is 5.97 Å². The maximum absolute atomic E-state index is 12.6. The summed E-state index contributed by atoms with van der Waals surface area (Å²) in [6.45, 7) is 1.88. The van der Waals surface area contributed by atoms with E-state index in [0.29, 0.717) is 26.2 Å². The van der Waals surface area contributed by atoms with Gasteiger partial charge in [-0.3, -0.25) is 0 Å². The zero-order valence-corrected chi connectivity index (χ0v) is 13.5. The summed E-state index contributed by atoms with van der Waals surface area (Å²) < 4.78 is 26.5. The van der Waals surface area contributed by atoms with Gasteiger partial charge in [-0.2, -0.15) is 4.31 Å². The van der Waals surface area contributed by atoms with Crippen LogP contribution in [-0.4, -0.2) is 61.9 Å². The van der Waals surface area contributed by atoms with Crippen LogP contribution in [0.1, 0.15) is 10.4 Å². The average molecular weight is 353 g/mol. The lowest BCUT2D eigenvalue weighted by Gasteiger charge is -2.31. The van der Waals surface area contributed by atoms with E-state index < -0.39 is 21.6 Å². The number of benzene rings is 1. The number of hydrogen-bond donors (Lipinski definition) is 1. The topological polar surface area (TPSA) is 77.9 Å². The average Bonchev–Trinajstić information content (AvgIpc) is 2.38. The van der Waals surface area contributed by atoms with Crippen LogP contribution in [0.2, 0.25) is 10.0 Å². The summed E-state index contributed by atoms with van der Waals surface area (Å²) in [7, 11) is -1.93. The van der Waals surface area contributed by atoms with E-state index in [0.717, 1.165) is 0 Å². The number of rotatable bonds is 3. The Morgan fingerprint density at radius 3 is 2.29 bits per heavy atom. The van der Waals surface area contributed by atoms with Crippen molar-refractivity contribution in [2.45, 2.75) is 4.90 Å². The molecule has 21 heavy (non-hydrogen) atoms. The highest BCUT2D eigenvalue weighted by molar-refractivity contribution is 7.89. The van der Waals surface area contributed by atoms with Crippen molar-refractivity contribution in [3.63, 3.8) is 0 Å². The lowest BCUT2D eigenvalue weighted by atomic mass is 10.2. The standard InChI is InChI=1S/C12H14Cl2N2O4S/c1-15-4-6-16(7-5-15)21(19,20)9-3-2-8(13)10(11(9)14)12(17)18/h2-3H,4-7H2,1H3,(H,17,18). The molecule has 6 nitrogen and oxygen atoms in total. The van der Waals surface area contributed by atoms with Crippen LogP contribution in [0.3, 0.4) is 0 Å². The summed E-state index contributed by atoms with van der Waals surface area (Å²) in [6.07, 6.45) is 0. The number of aromatic carboxylic acids is 1. The van der Waals surface area contributed by atoms with Crippen LogP contribution in [0, 0.1) is 0 Å². The van der Waals surface area contributed by atoms with E-state index in [1.165, 1.54) is 16.4 Å². The summed E-state index contributed by atoms with van der Waals surface area (Å²) in [5.41, 5.74) is -0.395. The van der Waals surface area contributed by atoms with Crippen LogP contribution in [0.5, 0.6) is 0 Å². The van der Waals surface area contributed by atoms with Gasteiger partial charge in [0.1, 0.15) is 4.90 Å². The second-order valence-corrected chi connectivity index (χ2v) is 7.44. The molecule has 1 aliphatic heterocycles. The van der Waals surface area contributed by atoms with Gasteiger partial charge in [-0.05, 0) is 19.2 Å². The summed E-state index contributed by atoms with van der Waals surface area (Å²) >= 11 is 11.7. The Kier molecular flexibility index (Phi) is 4.79. The lowest BCUT2D eigenvalue weighted by molar-refractivity contribution is 0.0697. The smallest absolute Gasteiger partial charge is 0.338 e. The largest absolute Gasteiger partial charge is 0.478 e. The fraction of sp³-hybridized carbons (Fsp3) is 0.417. The van der Waals surface area contributed by atoms with Crippen LogP contribution in [0.25, 0.3) is 0 Å². The van der Waals surface area contributed by atoms with Gasteiger partial charge < -0.3 is 10.0 Å². The van der Waals surface area contributed by atoms with E-state index in [2.05, 4.69) is 0 Å². The number of carboxylic acids is 1. The van der Waals surface area contributed by atoms with Gasteiger partial charge in [0.2, 0.25) is 10.0 Å². The monoisotopic (exact) mass is 352 g/mol. The number of halogens is 2. The maximum Gasteiger partial charge on any atom is 0.338 e. The SMILES string of the molecule is CN1CCN(S(=O)(=O)c2ccc(Cl)c(C(=O)O)c2Cl)CC1. The molecular weight excluding hydrogens is 339 g/mol. The molecule has 1 aliphatic rings. The van der Waals surface area contributed by atoms with Crippen molar-refractivity contribution < 1.29 is 18.3 Å². The molecule has 1 aromatic rings. The molecule has 0 unspecified atom stereocenters. The van der Waals surface area contributed by atoms with E-state index in [1.54, 1.807) is 0 Å². The molecular formula is C12H14Cl2N2O4S. The predicted molar refractivity (Wildman–Crippen MR) is 79.7 cm³/mol. The van der Waals surface area contributed by atoms with Gasteiger partial charge in [0, 0.05) is 26.2 Å². The number of piperazine rings is 1. The molecule has 1 heterocycles. The predicted octanol–water partition coefficient (Wildman–Crippen LogP) is 1.63. The van der Waals surface area contributed by atoms with Crippen molar-refractivity contribution in [3.8, 4) is 0 Å². The minimum atomic E-state index is -3.84. The first-order chi connectivity index (χ1) is 9.75. The maximum atomic E-state index is 12.6. The number of carbonyl (C=O) groups is 1. The number of hydrogen-bond acceptors (Lipinski definition) is 4. The Hall–Kier alpha value is -0.860. The first-order valence-corrected chi connectivity index (χ1v) is 8.34. The third-order valence-corrected chi connectivity index (χ3v) is 6.11. The molecule has 0 aromatic heterocycles. The van der Waals surface area contributed by atoms with Crippen molar-refractivity contribution >= 4 is 39.2 Å². The molecule has 0 amide bonds. The molecule has 0 saturated carbocycles. The van der Waals surface area contributed by atoms with Gasteiger partial charge in [-0.1, -0.05) is 23.2 Å². The number of likely N-dealkylation sites (N-methyl/N-ethyl adjacent to an activating group) is 1. The summed E-state index contributed by atoms with van der Waals surface area (Å²) in [6, 6.07) is 2.48. The second kappa shape index (κ2) is 6.10. The zero-order valence-electron chi connectivity index (χ0n) is 11.2. The highest BCUT2D eigenvalue weighted by Crippen LogP contribution is 2.32. The molecule has 1 saturated heterocycles. The fourth-order valence-electron chi connectivity index (χ4n) is 2.10. The molecule has 0 bridgehead atoms. The fourth-order valence-corrected chi connectivity index (χ4v) is 4.41. The quantitative estimate of drug-likeness (QED) is 0.894. The van der Waals surface area contributed by atoms with Crippen LogP contribution < -0.4 is 0 Å². The molecule has 2 rings (SSSR count). The van der Waals surface area contributed by atoms with Crippen molar-refractivity contribution in [2.24, 2.45) is 0 Å². The highest BCUT2D eigenvalue weighted by Gasteiger charge is 2.31. The molecule has 9 heteroatoms. The Labute approximate surface area is 132 Å². The second-order valence-electron chi connectivity index (χ2n) is 4.75. The first kappa shape index (κ1) is 16.5. The van der Waals surface area contributed by atoms with Gasteiger partial charge in [0.25, 0.3) is 0 Å². The third kappa shape index (κ3) is 3.17. The van der Waals surface area contributed by atoms with Crippen LogP contribution in [0.4, 0.5) is 0 Å². The van der Waals surface area contributed by atoms with Crippen molar-refractivity contribution in [2.75, 3.05) is 33.2 Å². The van der Waals surface area contributed by atoms with Crippen LogP contribution in [0.15, 0.2) is 17.0 Å². The molecule has 0 aliphatic carbocycles. The highest BCUT2D eigenvalue weighted by atomic mass is 35.5. The molecule has 0 atom stereocenters. The summed E-state index contributed by atoms with van der Waals surface area (Å²) in [5.74, 6) is -1.36. The zero-order chi connectivity index (χ0) is 15.8. The molecule has 1 aromatic carbocycles. The van der Waals surface area contributed by atoms with Gasteiger partial charge in [-0.15, -0.1) is 0 Å². The molecule has 116 valence electrons. The van der Waals surface area contributed by atoms with E-state index in [9.17, 15) is 13.2 Å². The van der Waals surface area contributed by atoms with Crippen molar-refractivity contribution in [1.82, 2.24) is 9.21 Å². The number of nitrogens with zero attached hydrogens (tertiary/aromatic N) is 2. The Morgan fingerprint density at radius 1 is 1.19 bits per heavy atom. The minimum absolute atomic E-state index is 0.0928. The molecule has 1 fully saturated rings. The third-order valence-electron chi connectivity index (χ3n) is 3.35. The summed E-state index contributed by atoms with van der Waals surface area (Å²) in [5, 5.41) is 8.65. The van der Waals surface area contributed by atoms with Gasteiger partial charge in [-0.25, -0.2) is 13.2 Å². The Morgan fingerprint density at radius 2 is 1.76 bits per heavy atom. The molecule has 0 radical (unpaired) electrons. The number of sulfonamides is 1. The number of carboxylic acid groups (broad SMARTS) is 1. The molecule has 1 N–H and O–H groups in total. The lowest BCUT2D eigenvalue weighted by Crippen LogP contribution is -2.47. The Bertz CT molecular complexity index is 670. The van der Waals surface area contributed by atoms with E-state index in [4.69, 9.17) is 28.3 Å². The minimum Gasteiger partial charge on any atom is -0.478 e. The van der Waals surface area contributed by atoms with Crippen molar-refractivity contribution in [3.05, 3.63) is 27.7 Å². The van der Waals surface area contributed by atoms with E-state index in [1.807, 2.05) is 11.9 Å². The van der Waals surface area contributed by atoms with Crippen LogP contribution >= 0.6 is 23.2 Å². The van der Waals surface area contributed by atoms with Crippen molar-refractivity contribution in [1.29, 1.82) is 0 Å². The van der Waals surface area contributed by atoms with E-state index in [-0.39, 0.29) is 14.9 Å². The Balaban J connectivity index is 2.46. The van der Waals surface area contributed by atoms with E-state index >= 15 is 0 Å². The van der Waals surface area contributed by atoms with Gasteiger partial charge in [0.15, 0.2) is 0 Å². The summed E-state index contributed by atoms with van der Waals surface area (Å²) in [4.78, 5) is 12.9. The van der Waals surface area contributed by atoms with Gasteiger partial charge in [0.05, 0.1) is 15.6 Å².